The number of aromatic amines is 1. The van der Waals surface area contributed by atoms with Gasteiger partial charge in [-0.15, -0.1) is 0 Å². The molecule has 2 fully saturated rings. The molecule has 3 aromatic rings. The highest BCUT2D eigenvalue weighted by Crippen LogP contribution is 2.34. The number of anilines is 1. The number of nitrogens with zero attached hydrogens (tertiary/aromatic N) is 3. The van der Waals surface area contributed by atoms with E-state index in [4.69, 9.17) is 15.7 Å². The maximum atomic E-state index is 13.1. The number of rotatable bonds is 4. The van der Waals surface area contributed by atoms with Gasteiger partial charge in [-0.3, -0.25) is 4.79 Å². The Balaban J connectivity index is 1.33. The number of hydrogen-bond donors (Lipinski definition) is 2. The van der Waals surface area contributed by atoms with Crippen molar-refractivity contribution < 1.29 is 9.53 Å². The highest BCUT2D eigenvalue weighted by molar-refractivity contribution is 5.96. The number of aromatic nitrogens is 2. The molecule has 3 heterocycles. The van der Waals surface area contributed by atoms with E-state index in [1.807, 2.05) is 54.3 Å². The highest BCUT2D eigenvalue weighted by Gasteiger charge is 2.32. The molecule has 2 aliphatic heterocycles. The minimum atomic E-state index is -0.0450. The summed E-state index contributed by atoms with van der Waals surface area (Å²) < 4.78 is 5.72. The Morgan fingerprint density at radius 2 is 2.03 bits per heavy atom. The lowest BCUT2D eigenvalue weighted by Gasteiger charge is -2.39. The standard InChI is InChI=1S/C25H25N5O2/c1-15-4-7-18(11-20(15)22-23(27)29-24(28-22)21-3-2-10-32-21)25(31)30-13-19(14-30)17-8-5-16(12-26)6-9-17/h4-9,11,19,21H,2-3,10,13-14,27H2,1H3,(H,28,29). The van der Waals surface area contributed by atoms with Crippen LogP contribution in [0.3, 0.4) is 0 Å². The lowest BCUT2D eigenvalue weighted by atomic mass is 9.90. The van der Waals surface area contributed by atoms with Crippen LogP contribution in [0.5, 0.6) is 0 Å². The molecule has 0 radical (unpaired) electrons. The third kappa shape index (κ3) is 3.63. The van der Waals surface area contributed by atoms with Crippen LogP contribution in [0.4, 0.5) is 5.82 Å². The number of H-pyrrole nitrogens is 1. The van der Waals surface area contributed by atoms with Gasteiger partial charge in [0.05, 0.1) is 17.3 Å². The molecular formula is C25H25N5O2. The SMILES string of the molecule is Cc1ccc(C(=O)N2CC(c3ccc(C#N)cc3)C2)cc1-c1[nH]c(C2CCCO2)nc1N. The molecule has 0 aliphatic carbocycles. The van der Waals surface area contributed by atoms with Crippen LogP contribution in [0, 0.1) is 18.3 Å². The number of nitriles is 1. The molecular weight excluding hydrogens is 402 g/mol. The van der Waals surface area contributed by atoms with Crippen LogP contribution in [0.1, 0.15) is 57.7 Å². The number of ether oxygens (including phenoxy) is 1. The lowest BCUT2D eigenvalue weighted by molar-refractivity contribution is 0.0602. The molecule has 162 valence electrons. The summed E-state index contributed by atoms with van der Waals surface area (Å²) >= 11 is 0. The number of imidazole rings is 1. The van der Waals surface area contributed by atoms with Crippen molar-refractivity contribution in [2.75, 3.05) is 25.4 Å². The van der Waals surface area contributed by atoms with Gasteiger partial charge < -0.3 is 20.4 Å². The zero-order valence-electron chi connectivity index (χ0n) is 18.0. The van der Waals surface area contributed by atoms with Crippen LogP contribution in [-0.2, 0) is 4.74 Å². The van der Waals surface area contributed by atoms with Crippen LogP contribution in [0.15, 0.2) is 42.5 Å². The first-order valence-corrected chi connectivity index (χ1v) is 10.9. The first-order valence-electron chi connectivity index (χ1n) is 10.9. The maximum Gasteiger partial charge on any atom is 0.253 e. The molecule has 1 unspecified atom stereocenters. The number of hydrogen-bond acceptors (Lipinski definition) is 5. The molecule has 3 N–H and O–H groups in total. The van der Waals surface area contributed by atoms with Crippen LogP contribution in [0.25, 0.3) is 11.3 Å². The number of nitrogens with one attached hydrogen (secondary N) is 1. The summed E-state index contributed by atoms with van der Waals surface area (Å²) in [6.45, 7) is 4.08. The van der Waals surface area contributed by atoms with E-state index < -0.39 is 0 Å². The fourth-order valence-corrected chi connectivity index (χ4v) is 4.45. The molecule has 7 heteroatoms. The molecule has 2 saturated heterocycles. The topological polar surface area (TPSA) is 108 Å². The Morgan fingerprint density at radius 1 is 1.25 bits per heavy atom. The van der Waals surface area contributed by atoms with E-state index >= 15 is 0 Å². The zero-order valence-corrected chi connectivity index (χ0v) is 18.0. The molecule has 2 aliphatic rings. The molecule has 0 spiro atoms. The highest BCUT2D eigenvalue weighted by atomic mass is 16.5. The molecule has 0 saturated carbocycles. The van der Waals surface area contributed by atoms with E-state index in [-0.39, 0.29) is 12.0 Å². The van der Waals surface area contributed by atoms with Crippen LogP contribution in [-0.4, -0.2) is 40.5 Å². The molecule has 1 aromatic heterocycles. The Labute approximate surface area is 186 Å². The van der Waals surface area contributed by atoms with Crippen LogP contribution < -0.4 is 5.73 Å². The Morgan fingerprint density at radius 3 is 2.72 bits per heavy atom. The van der Waals surface area contributed by atoms with Gasteiger partial charge in [-0.25, -0.2) is 4.98 Å². The zero-order chi connectivity index (χ0) is 22.2. The molecule has 1 amide bonds. The van der Waals surface area contributed by atoms with Crippen LogP contribution in [0.2, 0.25) is 0 Å². The van der Waals surface area contributed by atoms with E-state index in [0.29, 0.717) is 36.0 Å². The van der Waals surface area contributed by atoms with E-state index in [1.54, 1.807) is 0 Å². The number of nitrogens with two attached hydrogens (primary N) is 1. The summed E-state index contributed by atoms with van der Waals surface area (Å²) in [5.74, 6) is 1.48. The third-order valence-corrected chi connectivity index (χ3v) is 6.42. The van der Waals surface area contributed by atoms with Crippen molar-refractivity contribution in [2.24, 2.45) is 0 Å². The number of aryl methyl sites for hydroxylation is 1. The van der Waals surface area contributed by atoms with Gasteiger partial charge in [0.25, 0.3) is 5.91 Å². The smallest absolute Gasteiger partial charge is 0.253 e. The van der Waals surface area contributed by atoms with Gasteiger partial charge >= 0.3 is 0 Å². The van der Waals surface area contributed by atoms with Crippen molar-refractivity contribution in [3.05, 3.63) is 70.5 Å². The summed E-state index contributed by atoms with van der Waals surface area (Å²) in [4.78, 5) is 22.8. The van der Waals surface area contributed by atoms with Gasteiger partial charge in [0.2, 0.25) is 0 Å². The normalized spacial score (nSPS) is 18.4. The van der Waals surface area contributed by atoms with Crippen LogP contribution >= 0.6 is 0 Å². The molecule has 5 rings (SSSR count). The maximum absolute atomic E-state index is 13.1. The fraction of sp³-hybridized carbons (Fsp3) is 0.320. The summed E-state index contributed by atoms with van der Waals surface area (Å²) in [7, 11) is 0. The summed E-state index contributed by atoms with van der Waals surface area (Å²) in [6.07, 6.45) is 1.90. The van der Waals surface area contributed by atoms with Crippen molar-refractivity contribution >= 4 is 11.7 Å². The number of carbonyl (C=O) groups is 1. The number of carbonyl (C=O) groups excluding carboxylic acids is 1. The second kappa shape index (κ2) is 8.13. The lowest BCUT2D eigenvalue weighted by Crippen LogP contribution is -2.48. The second-order valence-corrected chi connectivity index (χ2v) is 8.55. The number of amides is 1. The average molecular weight is 428 g/mol. The van der Waals surface area contributed by atoms with Gasteiger partial charge in [-0.05, 0) is 55.2 Å². The van der Waals surface area contributed by atoms with Crippen molar-refractivity contribution in [2.45, 2.75) is 31.8 Å². The quantitative estimate of drug-likeness (QED) is 0.656. The van der Waals surface area contributed by atoms with Crippen molar-refractivity contribution in [1.82, 2.24) is 14.9 Å². The second-order valence-electron chi connectivity index (χ2n) is 8.55. The van der Waals surface area contributed by atoms with Gasteiger partial charge in [-0.1, -0.05) is 18.2 Å². The minimum Gasteiger partial charge on any atom is -0.382 e. The molecule has 1 atom stereocenters. The molecule has 0 bridgehead atoms. The minimum absolute atomic E-state index is 0.00795. The Kier molecular flexibility index (Phi) is 5.16. The first kappa shape index (κ1) is 20.3. The predicted octanol–water partition coefficient (Wildman–Crippen LogP) is 3.93. The van der Waals surface area contributed by atoms with E-state index in [0.717, 1.165) is 47.7 Å². The van der Waals surface area contributed by atoms with Gasteiger partial charge in [0.1, 0.15) is 17.7 Å². The largest absolute Gasteiger partial charge is 0.382 e. The van der Waals surface area contributed by atoms with E-state index in [2.05, 4.69) is 16.0 Å². The summed E-state index contributed by atoms with van der Waals surface area (Å²) in [5.41, 5.74) is 11.3. The van der Waals surface area contributed by atoms with Gasteiger partial charge in [-0.2, -0.15) is 5.26 Å². The predicted molar refractivity (Wildman–Crippen MR) is 121 cm³/mol. The Bertz CT molecular complexity index is 1200. The molecule has 32 heavy (non-hydrogen) atoms. The summed E-state index contributed by atoms with van der Waals surface area (Å²) in [5, 5.41) is 8.95. The fourth-order valence-electron chi connectivity index (χ4n) is 4.45. The van der Waals surface area contributed by atoms with Crippen molar-refractivity contribution in [3.8, 4) is 17.3 Å². The van der Waals surface area contributed by atoms with Crippen molar-refractivity contribution in [3.63, 3.8) is 0 Å². The number of nitrogen functional groups attached to an aromatic ring is 1. The number of likely N-dealkylation sites (tertiary alicyclic amines) is 1. The Hall–Kier alpha value is -3.63. The number of benzene rings is 2. The molecule has 7 nitrogen and oxygen atoms in total. The van der Waals surface area contributed by atoms with Gasteiger partial charge in [0, 0.05) is 36.7 Å². The third-order valence-electron chi connectivity index (χ3n) is 6.42. The molecule has 2 aromatic carbocycles. The van der Waals surface area contributed by atoms with Gasteiger partial charge in [0.15, 0.2) is 0 Å². The first-order chi connectivity index (χ1) is 15.5. The van der Waals surface area contributed by atoms with E-state index in [1.165, 1.54) is 0 Å². The summed E-state index contributed by atoms with van der Waals surface area (Å²) in [6, 6.07) is 15.4. The average Bonchev–Trinajstić information content (AvgIpc) is 3.43. The van der Waals surface area contributed by atoms with Crippen molar-refractivity contribution in [1.29, 1.82) is 5.26 Å². The van der Waals surface area contributed by atoms with E-state index in [9.17, 15) is 4.79 Å². The monoisotopic (exact) mass is 427 g/mol.